The number of benzene rings is 2. The molecule has 1 aliphatic carbocycles. The van der Waals surface area contributed by atoms with Crippen LogP contribution in [-0.2, 0) is 18.8 Å². The smallest absolute Gasteiger partial charge is 0.354 e. The Morgan fingerprint density at radius 3 is 2.07 bits per heavy atom. The van der Waals surface area contributed by atoms with Gasteiger partial charge in [-0.15, -0.1) is 0 Å². The summed E-state index contributed by atoms with van der Waals surface area (Å²) in [6.07, 6.45) is -9.11. The maximum atomic E-state index is 13.1. The highest BCUT2D eigenvalue weighted by Crippen LogP contribution is 2.38. The maximum Gasteiger partial charge on any atom is 0.416 e. The van der Waals surface area contributed by atoms with Gasteiger partial charge in [0, 0.05) is 11.7 Å². The molecule has 1 aliphatic rings. The zero-order chi connectivity index (χ0) is 22.3. The molecule has 10 heteroatoms. The van der Waals surface area contributed by atoms with E-state index in [1.807, 2.05) is 43.3 Å². The first-order valence-corrected chi connectivity index (χ1v) is 9.38. The third-order valence-electron chi connectivity index (χ3n) is 5.00. The van der Waals surface area contributed by atoms with Gasteiger partial charge in [-0.1, -0.05) is 24.3 Å². The molecular weight excluding hydrogens is 428 g/mol. The molecule has 0 radical (unpaired) electrons. The predicted molar refractivity (Wildman–Crippen MR) is 106 cm³/mol. The largest absolute Gasteiger partial charge is 0.416 e. The minimum atomic E-state index is -4.92. The van der Waals surface area contributed by atoms with Crippen molar-refractivity contribution in [1.82, 2.24) is 10.2 Å². The Bertz CT molecular complexity index is 907. The van der Waals surface area contributed by atoms with Crippen LogP contribution in [0.1, 0.15) is 28.3 Å². The fourth-order valence-corrected chi connectivity index (χ4v) is 3.81. The number of hydrogen-bond acceptors (Lipinski definition) is 2. The molecule has 0 spiro atoms. The second-order valence-corrected chi connectivity index (χ2v) is 7.71. The molecule has 0 aliphatic heterocycles. The number of alkyl halides is 6. The number of rotatable bonds is 3. The van der Waals surface area contributed by atoms with Crippen molar-refractivity contribution < 1.29 is 26.3 Å². The Morgan fingerprint density at radius 2 is 1.53 bits per heavy atom. The van der Waals surface area contributed by atoms with Crippen molar-refractivity contribution in [2.45, 2.75) is 30.9 Å². The number of fused-ring (bicyclic) bond motifs is 1. The molecule has 162 valence electrons. The second-order valence-electron chi connectivity index (χ2n) is 7.30. The van der Waals surface area contributed by atoms with E-state index in [4.69, 9.17) is 12.2 Å². The highest BCUT2D eigenvalue weighted by atomic mass is 32.1. The highest BCUT2D eigenvalue weighted by Gasteiger charge is 2.37. The van der Waals surface area contributed by atoms with Crippen molar-refractivity contribution >= 4 is 23.0 Å². The van der Waals surface area contributed by atoms with Crippen molar-refractivity contribution in [2.24, 2.45) is 0 Å². The lowest BCUT2D eigenvalue weighted by Gasteiger charge is -2.28. The van der Waals surface area contributed by atoms with Crippen LogP contribution in [0.5, 0.6) is 0 Å². The van der Waals surface area contributed by atoms with E-state index in [9.17, 15) is 26.3 Å². The average molecular weight is 447 g/mol. The Balaban J connectivity index is 1.85. The van der Waals surface area contributed by atoms with Crippen molar-refractivity contribution in [2.75, 3.05) is 19.4 Å². The van der Waals surface area contributed by atoms with Gasteiger partial charge in [-0.2, -0.15) is 26.3 Å². The van der Waals surface area contributed by atoms with Gasteiger partial charge in [0.25, 0.3) is 0 Å². The Kier molecular flexibility index (Phi) is 6.01. The first kappa shape index (κ1) is 22.4. The van der Waals surface area contributed by atoms with Crippen molar-refractivity contribution in [3.8, 4) is 0 Å². The molecule has 0 heterocycles. The number of nitrogens with one attached hydrogen (secondary N) is 2. The molecule has 3 rings (SSSR count). The Labute approximate surface area is 175 Å². The molecule has 0 bridgehead atoms. The number of thiocarbonyl (C=S) groups is 1. The number of halogens is 6. The van der Waals surface area contributed by atoms with Gasteiger partial charge in [-0.05, 0) is 62.1 Å². The van der Waals surface area contributed by atoms with Crippen LogP contribution in [0.15, 0.2) is 42.5 Å². The van der Waals surface area contributed by atoms with Crippen LogP contribution in [0.25, 0.3) is 0 Å². The number of anilines is 1. The molecular formula is C20H19F6N3S. The van der Waals surface area contributed by atoms with Gasteiger partial charge in [-0.25, -0.2) is 0 Å². The summed E-state index contributed by atoms with van der Waals surface area (Å²) in [6, 6.07) is 8.73. The normalized spacial score (nSPS) is 19.0. The van der Waals surface area contributed by atoms with E-state index in [2.05, 4.69) is 10.6 Å². The molecule has 2 aromatic carbocycles. The van der Waals surface area contributed by atoms with Crippen molar-refractivity contribution in [3.63, 3.8) is 0 Å². The van der Waals surface area contributed by atoms with Gasteiger partial charge < -0.3 is 15.5 Å². The highest BCUT2D eigenvalue weighted by molar-refractivity contribution is 7.80. The monoisotopic (exact) mass is 447 g/mol. The quantitative estimate of drug-likeness (QED) is 0.497. The molecule has 3 nitrogen and oxygen atoms in total. The standard InChI is InChI=1S/C20H19F6N3S/c1-29(2)16-7-11-5-3-4-6-15(11)17(16)28-18(30)27-14-9-12(19(21,22)23)8-13(10-14)20(24,25)26/h3-6,8-10,16-17H,7H2,1-2H3,(H2,27,28,30)/t16-,17-/m0/s1. The van der Waals surface area contributed by atoms with E-state index in [1.54, 1.807) is 0 Å². The third-order valence-corrected chi connectivity index (χ3v) is 5.22. The molecule has 30 heavy (non-hydrogen) atoms. The summed E-state index contributed by atoms with van der Waals surface area (Å²) in [6.45, 7) is 0. The van der Waals surface area contributed by atoms with E-state index in [1.165, 1.54) is 0 Å². The van der Waals surface area contributed by atoms with Gasteiger partial charge in [0.1, 0.15) is 0 Å². The lowest BCUT2D eigenvalue weighted by Crippen LogP contribution is -2.42. The number of hydrogen-bond donors (Lipinski definition) is 2. The predicted octanol–water partition coefficient (Wildman–Crippen LogP) is 5.24. The van der Waals surface area contributed by atoms with Crippen molar-refractivity contribution in [3.05, 3.63) is 64.7 Å². The first-order chi connectivity index (χ1) is 13.9. The van der Waals surface area contributed by atoms with Crippen LogP contribution in [0.4, 0.5) is 32.0 Å². The molecule has 0 saturated carbocycles. The Morgan fingerprint density at radius 1 is 0.967 bits per heavy atom. The SMILES string of the molecule is CN(C)[C@H]1Cc2ccccc2[C@@H]1NC(=S)Nc1cc(C(F)(F)F)cc(C(F)(F)F)c1. The topological polar surface area (TPSA) is 27.3 Å². The lowest BCUT2D eigenvalue weighted by molar-refractivity contribution is -0.143. The van der Waals surface area contributed by atoms with E-state index >= 15 is 0 Å². The van der Waals surface area contributed by atoms with Crippen LogP contribution in [0, 0.1) is 0 Å². The summed E-state index contributed by atoms with van der Waals surface area (Å²) in [5, 5.41) is 5.47. The zero-order valence-electron chi connectivity index (χ0n) is 16.0. The lowest BCUT2D eigenvalue weighted by atomic mass is 10.1. The van der Waals surface area contributed by atoms with Crippen LogP contribution < -0.4 is 10.6 Å². The molecule has 0 saturated heterocycles. The van der Waals surface area contributed by atoms with Crippen LogP contribution in [0.2, 0.25) is 0 Å². The Hall–Kier alpha value is -2.33. The van der Waals surface area contributed by atoms with Crippen LogP contribution in [0.3, 0.4) is 0 Å². The molecule has 2 N–H and O–H groups in total. The first-order valence-electron chi connectivity index (χ1n) is 8.97. The molecule has 0 aromatic heterocycles. The summed E-state index contributed by atoms with van der Waals surface area (Å²) in [5.74, 6) is 0. The van der Waals surface area contributed by atoms with Crippen LogP contribution in [-0.4, -0.2) is 30.1 Å². The summed E-state index contributed by atoms with van der Waals surface area (Å²) in [7, 11) is 3.79. The fraction of sp³-hybridized carbons (Fsp3) is 0.350. The summed E-state index contributed by atoms with van der Waals surface area (Å²) in [5.41, 5.74) is -1.10. The fourth-order valence-electron chi connectivity index (χ4n) is 3.56. The summed E-state index contributed by atoms with van der Waals surface area (Å²) >= 11 is 5.21. The molecule has 0 unspecified atom stereocenters. The molecule has 0 fully saturated rings. The van der Waals surface area contributed by atoms with Gasteiger partial charge >= 0.3 is 12.4 Å². The van der Waals surface area contributed by atoms with Gasteiger partial charge in [0.15, 0.2) is 5.11 Å². The van der Waals surface area contributed by atoms with Gasteiger partial charge in [0.05, 0.1) is 17.2 Å². The molecule has 2 aromatic rings. The van der Waals surface area contributed by atoms with E-state index in [0.717, 1.165) is 17.5 Å². The third kappa shape index (κ3) is 4.86. The van der Waals surface area contributed by atoms with Gasteiger partial charge in [-0.3, -0.25) is 0 Å². The van der Waals surface area contributed by atoms with Crippen molar-refractivity contribution in [1.29, 1.82) is 0 Å². The maximum absolute atomic E-state index is 13.1. The molecule has 2 atom stereocenters. The second kappa shape index (κ2) is 8.07. The van der Waals surface area contributed by atoms with E-state index in [-0.39, 0.29) is 28.9 Å². The van der Waals surface area contributed by atoms with E-state index in [0.29, 0.717) is 12.1 Å². The zero-order valence-corrected chi connectivity index (χ0v) is 16.8. The minimum Gasteiger partial charge on any atom is -0.354 e. The number of nitrogens with zero attached hydrogens (tertiary/aromatic N) is 1. The van der Waals surface area contributed by atoms with Gasteiger partial charge in [0.2, 0.25) is 0 Å². The summed E-state index contributed by atoms with van der Waals surface area (Å²) in [4.78, 5) is 1.99. The van der Waals surface area contributed by atoms with E-state index < -0.39 is 23.5 Å². The number of likely N-dealkylation sites (N-methyl/N-ethyl adjacent to an activating group) is 1. The average Bonchev–Trinajstić information content (AvgIpc) is 2.99. The summed E-state index contributed by atoms with van der Waals surface area (Å²) < 4.78 is 78.3. The molecule has 0 amide bonds. The minimum absolute atomic E-state index is 0.0226. The van der Waals surface area contributed by atoms with Crippen LogP contribution >= 0.6 is 12.2 Å².